The molecule has 2 aromatic rings. The smallest absolute Gasteiger partial charge is 0.242 e. The lowest BCUT2D eigenvalue weighted by atomic mass is 10.0. The van der Waals surface area contributed by atoms with Crippen LogP contribution >= 0.6 is 0 Å². The molecule has 0 atom stereocenters. The van der Waals surface area contributed by atoms with E-state index in [1.165, 1.54) is 13.1 Å². The van der Waals surface area contributed by atoms with Crippen molar-refractivity contribution in [2.45, 2.75) is 30.6 Å². The third-order valence-electron chi connectivity index (χ3n) is 3.83. The second-order valence-electron chi connectivity index (χ2n) is 5.15. The summed E-state index contributed by atoms with van der Waals surface area (Å²) in [6.07, 6.45) is 5.80. The first-order valence-corrected chi connectivity index (χ1v) is 8.40. The number of hydrogen-bond acceptors (Lipinski definition) is 4. The highest BCUT2D eigenvalue weighted by Gasteiger charge is 2.22. The minimum atomic E-state index is -3.58. The Hall–Kier alpha value is -1.86. The van der Waals surface area contributed by atoms with Gasteiger partial charge in [0, 0.05) is 11.4 Å². The lowest BCUT2D eigenvalue weighted by Gasteiger charge is -2.17. The molecule has 112 valence electrons. The van der Waals surface area contributed by atoms with Gasteiger partial charge >= 0.3 is 0 Å². The number of rotatable bonds is 3. The van der Waals surface area contributed by atoms with E-state index in [1.807, 2.05) is 4.57 Å². The molecule has 0 unspecified atom stereocenters. The second-order valence-corrected chi connectivity index (χ2v) is 7.00. The molecule has 6 nitrogen and oxygen atoms in total. The molecule has 1 aliphatic carbocycles. The largest absolute Gasteiger partial charge is 0.399 e. The zero-order chi connectivity index (χ0) is 15.0. The van der Waals surface area contributed by atoms with Crippen molar-refractivity contribution in [3.05, 3.63) is 35.9 Å². The van der Waals surface area contributed by atoms with Gasteiger partial charge in [-0.25, -0.2) is 18.1 Å². The quantitative estimate of drug-likeness (QED) is 0.835. The Labute approximate surface area is 124 Å². The molecule has 1 aliphatic rings. The molecular weight excluding hydrogens is 288 g/mol. The van der Waals surface area contributed by atoms with Gasteiger partial charge in [0.25, 0.3) is 0 Å². The van der Waals surface area contributed by atoms with Crippen molar-refractivity contribution in [3.63, 3.8) is 0 Å². The molecule has 0 amide bonds. The number of anilines is 1. The van der Waals surface area contributed by atoms with Crippen LogP contribution < -0.4 is 10.5 Å². The molecular formula is C14H18N4O2S. The van der Waals surface area contributed by atoms with Crippen LogP contribution in [0.4, 0.5) is 5.69 Å². The molecule has 3 rings (SSSR count). The summed E-state index contributed by atoms with van der Waals surface area (Å²) in [4.78, 5) is 4.60. The predicted octanol–water partition coefficient (Wildman–Crippen LogP) is 1.24. The van der Waals surface area contributed by atoms with E-state index in [1.54, 1.807) is 18.5 Å². The van der Waals surface area contributed by atoms with E-state index in [9.17, 15) is 8.42 Å². The molecule has 1 heterocycles. The van der Waals surface area contributed by atoms with E-state index < -0.39 is 10.0 Å². The number of aromatic nitrogens is 2. The fourth-order valence-corrected chi connectivity index (χ4v) is 3.68. The van der Waals surface area contributed by atoms with Crippen molar-refractivity contribution in [1.29, 1.82) is 0 Å². The maximum Gasteiger partial charge on any atom is 0.242 e. The molecule has 1 aromatic heterocycles. The van der Waals surface area contributed by atoms with Crippen molar-refractivity contribution < 1.29 is 8.42 Å². The number of fused-ring (bicyclic) bond motifs is 1. The first-order valence-electron chi connectivity index (χ1n) is 6.91. The number of benzene rings is 1. The summed E-state index contributed by atoms with van der Waals surface area (Å²) in [5, 5.41) is 0. The van der Waals surface area contributed by atoms with E-state index in [0.29, 0.717) is 11.4 Å². The summed E-state index contributed by atoms with van der Waals surface area (Å²) >= 11 is 0. The van der Waals surface area contributed by atoms with E-state index in [2.05, 4.69) is 9.71 Å². The Balaban J connectivity index is 2.22. The van der Waals surface area contributed by atoms with E-state index in [-0.39, 0.29) is 4.90 Å². The summed E-state index contributed by atoms with van der Waals surface area (Å²) in [6.45, 7) is 0. The summed E-state index contributed by atoms with van der Waals surface area (Å²) in [6, 6.07) is 4.92. The van der Waals surface area contributed by atoms with Crippen molar-refractivity contribution in [1.82, 2.24) is 14.3 Å². The first kappa shape index (κ1) is 14.1. The van der Waals surface area contributed by atoms with Crippen LogP contribution in [0.2, 0.25) is 0 Å². The Kier molecular flexibility index (Phi) is 3.46. The molecule has 7 heteroatoms. The molecule has 21 heavy (non-hydrogen) atoms. The first-order chi connectivity index (χ1) is 10.0. The molecule has 1 aromatic carbocycles. The number of imidazole rings is 1. The molecule has 3 N–H and O–H groups in total. The van der Waals surface area contributed by atoms with Crippen LogP contribution in [0.3, 0.4) is 0 Å². The molecule has 0 saturated carbocycles. The van der Waals surface area contributed by atoms with Gasteiger partial charge in [-0.05, 0) is 50.9 Å². The van der Waals surface area contributed by atoms with Crippen LogP contribution in [0.15, 0.2) is 29.4 Å². The molecule has 0 radical (unpaired) electrons. The second kappa shape index (κ2) is 5.16. The summed E-state index contributed by atoms with van der Waals surface area (Å²) in [5.74, 6) is 0. The SMILES string of the molecule is CNS(=O)(=O)c1cc(N)ccc1-n1cnc2c1CCCC2. The lowest BCUT2D eigenvalue weighted by Crippen LogP contribution is -2.21. The number of nitrogen functional groups attached to an aromatic ring is 1. The highest BCUT2D eigenvalue weighted by atomic mass is 32.2. The van der Waals surface area contributed by atoms with Crippen LogP contribution in [0.5, 0.6) is 0 Å². The fourth-order valence-electron chi connectivity index (χ4n) is 2.73. The fraction of sp³-hybridized carbons (Fsp3) is 0.357. The van der Waals surface area contributed by atoms with Crippen molar-refractivity contribution >= 4 is 15.7 Å². The van der Waals surface area contributed by atoms with Crippen molar-refractivity contribution in [2.75, 3.05) is 12.8 Å². The van der Waals surface area contributed by atoms with E-state index in [4.69, 9.17) is 5.73 Å². The number of sulfonamides is 1. The van der Waals surface area contributed by atoms with Gasteiger partial charge in [-0.1, -0.05) is 0 Å². The number of aryl methyl sites for hydroxylation is 1. The highest BCUT2D eigenvalue weighted by molar-refractivity contribution is 7.89. The predicted molar refractivity (Wildman–Crippen MR) is 80.9 cm³/mol. The van der Waals surface area contributed by atoms with Crippen LogP contribution in [-0.4, -0.2) is 25.0 Å². The number of nitrogens with zero attached hydrogens (tertiary/aromatic N) is 2. The van der Waals surface area contributed by atoms with Gasteiger partial charge in [-0.3, -0.25) is 0 Å². The van der Waals surface area contributed by atoms with Gasteiger partial charge in [0.2, 0.25) is 10.0 Å². The number of nitrogens with one attached hydrogen (secondary N) is 1. The average molecular weight is 306 g/mol. The van der Waals surface area contributed by atoms with E-state index in [0.717, 1.165) is 37.1 Å². The Bertz CT molecular complexity index is 780. The molecule has 0 spiro atoms. The van der Waals surface area contributed by atoms with Crippen LogP contribution in [0, 0.1) is 0 Å². The van der Waals surface area contributed by atoms with Crippen molar-refractivity contribution in [3.8, 4) is 5.69 Å². The lowest BCUT2D eigenvalue weighted by molar-refractivity contribution is 0.587. The van der Waals surface area contributed by atoms with Crippen LogP contribution in [-0.2, 0) is 22.9 Å². The topological polar surface area (TPSA) is 90.0 Å². The minimum absolute atomic E-state index is 0.177. The van der Waals surface area contributed by atoms with Gasteiger partial charge in [-0.2, -0.15) is 0 Å². The maximum absolute atomic E-state index is 12.2. The van der Waals surface area contributed by atoms with Crippen molar-refractivity contribution in [2.24, 2.45) is 0 Å². The zero-order valence-electron chi connectivity index (χ0n) is 11.8. The third-order valence-corrected chi connectivity index (χ3v) is 5.28. The van der Waals surface area contributed by atoms with Gasteiger partial charge in [0.05, 0.1) is 17.7 Å². The molecule has 0 bridgehead atoms. The summed E-state index contributed by atoms with van der Waals surface area (Å²) in [5.41, 5.74) is 8.92. The van der Waals surface area contributed by atoms with Gasteiger partial charge in [0.1, 0.15) is 4.90 Å². The molecule has 0 aliphatic heterocycles. The zero-order valence-corrected chi connectivity index (χ0v) is 12.7. The Morgan fingerprint density at radius 3 is 2.81 bits per heavy atom. The molecule has 0 fully saturated rings. The van der Waals surface area contributed by atoms with Gasteiger partial charge < -0.3 is 10.3 Å². The minimum Gasteiger partial charge on any atom is -0.399 e. The van der Waals surface area contributed by atoms with Crippen LogP contribution in [0.1, 0.15) is 24.2 Å². The van der Waals surface area contributed by atoms with Gasteiger partial charge in [-0.15, -0.1) is 0 Å². The maximum atomic E-state index is 12.2. The molecule has 0 saturated heterocycles. The van der Waals surface area contributed by atoms with Gasteiger partial charge in [0.15, 0.2) is 0 Å². The standard InChI is InChI=1S/C14H18N4O2S/c1-16-21(19,20)14-8-10(15)6-7-13(14)18-9-17-11-4-2-3-5-12(11)18/h6-9,16H,2-5,15H2,1H3. The Morgan fingerprint density at radius 1 is 1.29 bits per heavy atom. The summed E-state index contributed by atoms with van der Waals surface area (Å²) < 4.78 is 28.7. The van der Waals surface area contributed by atoms with Crippen LogP contribution in [0.25, 0.3) is 5.69 Å². The average Bonchev–Trinajstić information content (AvgIpc) is 2.91. The van der Waals surface area contributed by atoms with E-state index >= 15 is 0 Å². The monoisotopic (exact) mass is 306 g/mol. The number of nitrogens with two attached hydrogens (primary N) is 1. The highest BCUT2D eigenvalue weighted by Crippen LogP contribution is 2.28. The third kappa shape index (κ3) is 2.43. The Morgan fingerprint density at radius 2 is 2.05 bits per heavy atom. The summed E-state index contributed by atoms with van der Waals surface area (Å²) in [7, 11) is -2.19. The number of hydrogen-bond donors (Lipinski definition) is 2. The normalized spacial score (nSPS) is 14.9.